The lowest BCUT2D eigenvalue weighted by atomic mass is 9.44. The van der Waals surface area contributed by atoms with Gasteiger partial charge in [-0.2, -0.15) is 0 Å². The molecule has 138 valence electrons. The molecule has 0 saturated heterocycles. The summed E-state index contributed by atoms with van der Waals surface area (Å²) in [5.74, 6) is 0.763. The molecule has 0 atom stereocenters. The zero-order chi connectivity index (χ0) is 18.0. The highest BCUT2D eigenvalue weighted by atomic mass is 16.2. The molecule has 7 nitrogen and oxygen atoms in total. The van der Waals surface area contributed by atoms with E-state index in [1.54, 1.807) is 6.33 Å². The molecule has 0 aliphatic heterocycles. The van der Waals surface area contributed by atoms with Gasteiger partial charge < -0.3 is 15.2 Å². The zero-order valence-corrected chi connectivity index (χ0v) is 15.2. The Morgan fingerprint density at radius 2 is 2.12 bits per heavy atom. The number of amides is 2. The van der Waals surface area contributed by atoms with E-state index < -0.39 is 0 Å². The maximum atomic E-state index is 12.3. The van der Waals surface area contributed by atoms with Gasteiger partial charge >= 0.3 is 6.03 Å². The highest BCUT2D eigenvalue weighted by molar-refractivity contribution is 5.73. The van der Waals surface area contributed by atoms with Crippen molar-refractivity contribution in [1.82, 2.24) is 30.4 Å². The number of nitrogens with zero attached hydrogens (tertiary/aromatic N) is 4. The molecule has 2 aliphatic carbocycles. The van der Waals surface area contributed by atoms with Crippen molar-refractivity contribution in [3.8, 4) is 0 Å². The topological polar surface area (TPSA) is 84.7 Å². The van der Waals surface area contributed by atoms with E-state index >= 15 is 0 Å². The fraction of sp³-hybridized carbons (Fsp3) is 0.579. The Hall–Kier alpha value is -2.44. The van der Waals surface area contributed by atoms with E-state index in [9.17, 15) is 4.79 Å². The van der Waals surface area contributed by atoms with E-state index in [2.05, 4.69) is 31.9 Å². The molecule has 2 aromatic rings. The van der Waals surface area contributed by atoms with Crippen LogP contribution in [0.2, 0.25) is 0 Å². The van der Waals surface area contributed by atoms with Crippen LogP contribution in [0.25, 0.3) is 0 Å². The minimum absolute atomic E-state index is 0.0253. The van der Waals surface area contributed by atoms with Crippen LogP contribution in [-0.4, -0.2) is 32.3 Å². The van der Waals surface area contributed by atoms with Crippen LogP contribution in [-0.2, 0) is 18.5 Å². The molecular weight excluding hydrogens is 328 g/mol. The Morgan fingerprint density at radius 3 is 2.77 bits per heavy atom. The first-order chi connectivity index (χ1) is 12.6. The molecule has 0 unspecified atom stereocenters. The van der Waals surface area contributed by atoms with Crippen LogP contribution < -0.4 is 10.6 Å². The Balaban J connectivity index is 1.36. The third-order valence-corrected chi connectivity index (χ3v) is 6.08. The van der Waals surface area contributed by atoms with E-state index in [-0.39, 0.29) is 11.4 Å². The summed E-state index contributed by atoms with van der Waals surface area (Å²) in [5.41, 5.74) is 1.58. The molecule has 4 rings (SSSR count). The van der Waals surface area contributed by atoms with Crippen LogP contribution in [0.5, 0.6) is 0 Å². The average Bonchev–Trinajstić information content (AvgIpc) is 3.06. The second-order valence-electron chi connectivity index (χ2n) is 7.77. The fourth-order valence-corrected chi connectivity index (χ4v) is 4.64. The van der Waals surface area contributed by atoms with Gasteiger partial charge in [0.25, 0.3) is 0 Å². The van der Waals surface area contributed by atoms with E-state index in [4.69, 9.17) is 0 Å². The van der Waals surface area contributed by atoms with Crippen molar-refractivity contribution in [1.29, 1.82) is 0 Å². The monoisotopic (exact) mass is 354 g/mol. The summed E-state index contributed by atoms with van der Waals surface area (Å²) in [6, 6.07) is 5.90. The highest BCUT2D eigenvalue weighted by Crippen LogP contribution is 2.64. The van der Waals surface area contributed by atoms with Crippen LogP contribution >= 0.6 is 0 Å². The van der Waals surface area contributed by atoms with E-state index in [0.717, 1.165) is 30.9 Å². The number of carbonyl (C=O) groups is 1. The molecule has 2 heterocycles. The van der Waals surface area contributed by atoms with Gasteiger partial charge in [0.15, 0.2) is 5.82 Å². The van der Waals surface area contributed by atoms with Gasteiger partial charge in [0, 0.05) is 30.4 Å². The van der Waals surface area contributed by atoms with Gasteiger partial charge in [0.1, 0.15) is 6.33 Å². The maximum Gasteiger partial charge on any atom is 0.315 e. The minimum atomic E-state index is -0.166. The second kappa shape index (κ2) is 6.70. The smallest absolute Gasteiger partial charge is 0.315 e. The van der Waals surface area contributed by atoms with Gasteiger partial charge in [-0.1, -0.05) is 12.5 Å². The lowest BCUT2D eigenvalue weighted by Crippen LogP contribution is -2.58. The molecule has 2 saturated carbocycles. The van der Waals surface area contributed by atoms with E-state index in [1.165, 1.54) is 19.3 Å². The number of hydrogen-bond donors (Lipinski definition) is 2. The summed E-state index contributed by atoms with van der Waals surface area (Å²) in [7, 11) is 0. The molecule has 0 radical (unpaired) electrons. The molecule has 1 spiro atoms. The van der Waals surface area contributed by atoms with Gasteiger partial charge in [-0.05, 0) is 50.2 Å². The fourth-order valence-electron chi connectivity index (χ4n) is 4.64. The summed E-state index contributed by atoms with van der Waals surface area (Å²) in [5, 5.41) is 13.9. The first-order valence-electron chi connectivity index (χ1n) is 9.45. The first-order valence-corrected chi connectivity index (χ1v) is 9.45. The minimum Gasteiger partial charge on any atom is -0.337 e. The van der Waals surface area contributed by atoms with Gasteiger partial charge in [0.2, 0.25) is 0 Å². The highest BCUT2D eigenvalue weighted by Gasteiger charge is 2.58. The Labute approximate surface area is 153 Å². The number of aromatic nitrogens is 4. The van der Waals surface area contributed by atoms with Crippen LogP contribution in [0.3, 0.4) is 0 Å². The van der Waals surface area contributed by atoms with Crippen molar-refractivity contribution in [3.63, 3.8) is 0 Å². The van der Waals surface area contributed by atoms with E-state index in [1.807, 2.05) is 29.8 Å². The maximum absolute atomic E-state index is 12.3. The number of nitrogens with one attached hydrogen (secondary N) is 2. The average molecular weight is 354 g/mol. The van der Waals surface area contributed by atoms with Crippen LogP contribution in [0.4, 0.5) is 4.79 Å². The number of hydrogen-bond acceptors (Lipinski definition) is 4. The third-order valence-electron chi connectivity index (χ3n) is 6.08. The second-order valence-corrected chi connectivity index (χ2v) is 7.77. The SMILES string of the molecule is CCn1cnnc1CNC(=O)NCC1(c2ccccn2)CC2(CCC2)C1. The predicted octanol–water partition coefficient (Wildman–Crippen LogP) is 2.39. The first kappa shape index (κ1) is 17.0. The summed E-state index contributed by atoms with van der Waals surface area (Å²) < 4.78 is 1.92. The van der Waals surface area contributed by atoms with Crippen LogP contribution in [0.1, 0.15) is 50.5 Å². The largest absolute Gasteiger partial charge is 0.337 e. The molecule has 0 aromatic carbocycles. The van der Waals surface area contributed by atoms with Gasteiger partial charge in [-0.3, -0.25) is 4.98 Å². The van der Waals surface area contributed by atoms with Crippen molar-refractivity contribution in [2.24, 2.45) is 5.41 Å². The molecule has 2 aliphatic rings. The van der Waals surface area contributed by atoms with Crippen LogP contribution in [0, 0.1) is 5.41 Å². The molecule has 2 aromatic heterocycles. The standard InChI is InChI=1S/C19H26N6O/c1-2-25-14-23-24-16(25)10-21-17(26)22-13-19(15-6-3-4-9-20-15)11-18(12-19)7-5-8-18/h3-4,6,9,14H,2,5,7-8,10-13H2,1H3,(H2,21,22,26). The molecule has 2 fully saturated rings. The Kier molecular flexibility index (Phi) is 4.38. The third kappa shape index (κ3) is 3.06. The van der Waals surface area contributed by atoms with Gasteiger partial charge in [0.05, 0.1) is 6.54 Å². The van der Waals surface area contributed by atoms with Crippen LogP contribution in [0.15, 0.2) is 30.7 Å². The molecule has 7 heteroatoms. The molecule has 26 heavy (non-hydrogen) atoms. The van der Waals surface area contributed by atoms with Crippen molar-refractivity contribution in [3.05, 3.63) is 42.2 Å². The van der Waals surface area contributed by atoms with Gasteiger partial charge in [-0.15, -0.1) is 10.2 Å². The lowest BCUT2D eigenvalue weighted by molar-refractivity contribution is -0.0490. The number of carbonyl (C=O) groups excluding carboxylic acids is 1. The summed E-state index contributed by atoms with van der Waals surface area (Å²) in [6.07, 6.45) is 9.76. The number of pyridine rings is 1. The van der Waals surface area contributed by atoms with Crippen molar-refractivity contribution in [2.45, 2.75) is 57.5 Å². The zero-order valence-electron chi connectivity index (χ0n) is 15.2. The molecule has 2 amide bonds. The predicted molar refractivity (Wildman–Crippen MR) is 97.4 cm³/mol. The quantitative estimate of drug-likeness (QED) is 0.834. The molecular formula is C19H26N6O. The molecule has 0 bridgehead atoms. The summed E-state index contributed by atoms with van der Waals surface area (Å²) in [6.45, 7) is 3.81. The van der Waals surface area contributed by atoms with Gasteiger partial charge in [-0.25, -0.2) is 4.79 Å². The van der Waals surface area contributed by atoms with E-state index in [0.29, 0.717) is 18.5 Å². The molecule has 2 N–H and O–H groups in total. The lowest BCUT2D eigenvalue weighted by Gasteiger charge is -2.61. The Bertz CT molecular complexity index is 759. The van der Waals surface area contributed by atoms with Crippen molar-refractivity contribution in [2.75, 3.05) is 6.54 Å². The summed E-state index contributed by atoms with van der Waals surface area (Å²) >= 11 is 0. The normalized spacial score (nSPS) is 19.4. The van der Waals surface area contributed by atoms with Crippen molar-refractivity contribution < 1.29 is 4.79 Å². The number of aryl methyl sites for hydroxylation is 1. The Morgan fingerprint density at radius 1 is 1.27 bits per heavy atom. The van der Waals surface area contributed by atoms with Crippen molar-refractivity contribution >= 4 is 6.03 Å². The summed E-state index contributed by atoms with van der Waals surface area (Å²) in [4.78, 5) is 16.9. The number of urea groups is 1. The number of rotatable bonds is 6.